The van der Waals surface area contributed by atoms with Crippen molar-refractivity contribution in [1.82, 2.24) is 4.90 Å². The molecule has 0 bridgehead atoms. The molecule has 2 amide bonds. The van der Waals surface area contributed by atoms with Crippen LogP contribution in [-0.4, -0.2) is 36.2 Å². The number of cyclic esters (lactones) is 1. The van der Waals surface area contributed by atoms with Crippen molar-refractivity contribution in [1.29, 1.82) is 0 Å². The van der Waals surface area contributed by atoms with Crippen LogP contribution in [0, 0.1) is 0 Å². The summed E-state index contributed by atoms with van der Waals surface area (Å²) in [5.74, 6) is 0.482. The highest BCUT2D eigenvalue weighted by Crippen LogP contribution is 2.41. The summed E-state index contributed by atoms with van der Waals surface area (Å²) in [6, 6.07) is 15.8. The van der Waals surface area contributed by atoms with Crippen molar-refractivity contribution >= 4 is 12.0 Å². The van der Waals surface area contributed by atoms with E-state index >= 15 is 0 Å². The quantitative estimate of drug-likeness (QED) is 0.820. The number of para-hydroxylation sites is 2. The Balaban J connectivity index is 1.81. The highest BCUT2D eigenvalue weighted by molar-refractivity contribution is 5.95. The van der Waals surface area contributed by atoms with Gasteiger partial charge in [-0.2, -0.15) is 0 Å². The lowest BCUT2D eigenvalue weighted by atomic mass is 9.91. The zero-order valence-corrected chi connectivity index (χ0v) is 15.0. The number of rotatable bonds is 5. The predicted octanol–water partition coefficient (Wildman–Crippen LogP) is 3.57. The Kier molecular flexibility index (Phi) is 4.84. The van der Waals surface area contributed by atoms with Crippen LogP contribution in [0.25, 0.3) is 0 Å². The largest absolute Gasteiger partial charge is 0.493 e. The van der Waals surface area contributed by atoms with E-state index in [1.54, 1.807) is 38.1 Å². The number of carbonyl (C=O) groups is 2. The Morgan fingerprint density at radius 3 is 2.35 bits per heavy atom. The van der Waals surface area contributed by atoms with Crippen molar-refractivity contribution in [2.45, 2.75) is 25.5 Å². The van der Waals surface area contributed by atoms with Gasteiger partial charge in [-0.3, -0.25) is 4.79 Å². The SMILES string of the molecule is COc1ccccc1OCC(=O)N1C(=O)OC(C)(C)[C@@H]1c1ccccc1. The van der Waals surface area contributed by atoms with Crippen LogP contribution in [0.4, 0.5) is 4.79 Å². The molecule has 1 saturated heterocycles. The summed E-state index contributed by atoms with van der Waals surface area (Å²) in [6.45, 7) is 3.28. The Morgan fingerprint density at radius 1 is 1.08 bits per heavy atom. The van der Waals surface area contributed by atoms with Gasteiger partial charge in [0.15, 0.2) is 18.1 Å². The molecule has 6 nitrogen and oxygen atoms in total. The molecule has 0 unspecified atom stereocenters. The van der Waals surface area contributed by atoms with Crippen LogP contribution in [0.15, 0.2) is 54.6 Å². The highest BCUT2D eigenvalue weighted by atomic mass is 16.6. The van der Waals surface area contributed by atoms with Gasteiger partial charge < -0.3 is 14.2 Å². The van der Waals surface area contributed by atoms with Crippen molar-refractivity contribution in [2.75, 3.05) is 13.7 Å². The second-order valence-electron chi connectivity index (χ2n) is 6.49. The number of hydrogen-bond acceptors (Lipinski definition) is 5. The first-order valence-electron chi connectivity index (χ1n) is 8.30. The van der Waals surface area contributed by atoms with Crippen molar-refractivity contribution in [3.63, 3.8) is 0 Å². The minimum absolute atomic E-state index is 0.297. The topological polar surface area (TPSA) is 65.1 Å². The smallest absolute Gasteiger partial charge is 0.417 e. The maximum Gasteiger partial charge on any atom is 0.417 e. The van der Waals surface area contributed by atoms with Crippen molar-refractivity contribution in [2.24, 2.45) is 0 Å². The molecule has 1 aliphatic rings. The lowest BCUT2D eigenvalue weighted by Gasteiger charge is -2.28. The normalized spacial score (nSPS) is 18.3. The number of methoxy groups -OCH3 is 1. The standard InChI is InChI=1S/C20H21NO5/c1-20(2)18(14-9-5-4-6-10-14)21(19(23)26-20)17(22)13-25-16-12-8-7-11-15(16)24-3/h4-12,18H,13H2,1-3H3/t18-/m0/s1. The molecule has 26 heavy (non-hydrogen) atoms. The molecule has 3 rings (SSSR count). The molecule has 0 N–H and O–H groups in total. The van der Waals surface area contributed by atoms with E-state index in [1.165, 1.54) is 7.11 Å². The summed E-state index contributed by atoms with van der Waals surface area (Å²) >= 11 is 0. The minimum atomic E-state index is -0.835. The van der Waals surface area contributed by atoms with E-state index in [1.807, 2.05) is 30.3 Å². The first-order chi connectivity index (χ1) is 12.4. The van der Waals surface area contributed by atoms with E-state index < -0.39 is 23.6 Å². The van der Waals surface area contributed by atoms with Gasteiger partial charge in [0.25, 0.3) is 5.91 Å². The van der Waals surface area contributed by atoms with Crippen molar-refractivity contribution in [3.05, 3.63) is 60.2 Å². The molecular formula is C20H21NO5. The number of amides is 2. The molecule has 2 aromatic rings. The molecule has 1 atom stereocenters. The summed E-state index contributed by atoms with van der Waals surface area (Å²) in [7, 11) is 1.52. The Bertz CT molecular complexity index is 803. The third-order valence-electron chi connectivity index (χ3n) is 4.27. The summed E-state index contributed by atoms with van der Waals surface area (Å²) in [5, 5.41) is 0. The maximum absolute atomic E-state index is 12.8. The number of carbonyl (C=O) groups excluding carboxylic acids is 2. The average Bonchev–Trinajstić information content (AvgIpc) is 2.89. The molecule has 0 spiro atoms. The molecule has 2 aromatic carbocycles. The van der Waals surface area contributed by atoms with Gasteiger partial charge in [0.1, 0.15) is 11.6 Å². The van der Waals surface area contributed by atoms with Gasteiger partial charge >= 0.3 is 6.09 Å². The van der Waals surface area contributed by atoms with Gasteiger partial charge in [0, 0.05) is 0 Å². The van der Waals surface area contributed by atoms with Crippen molar-refractivity contribution in [3.8, 4) is 11.5 Å². The van der Waals surface area contributed by atoms with Crippen LogP contribution in [0.2, 0.25) is 0 Å². The first kappa shape index (κ1) is 17.8. The van der Waals surface area contributed by atoms with Gasteiger partial charge in [-0.25, -0.2) is 9.69 Å². The third-order valence-corrected chi connectivity index (χ3v) is 4.27. The number of nitrogens with zero attached hydrogens (tertiary/aromatic N) is 1. The number of hydrogen-bond donors (Lipinski definition) is 0. The monoisotopic (exact) mass is 355 g/mol. The molecule has 136 valence electrons. The van der Waals surface area contributed by atoms with Gasteiger partial charge in [-0.05, 0) is 31.5 Å². The zero-order chi connectivity index (χ0) is 18.7. The second kappa shape index (κ2) is 7.07. The molecule has 0 aliphatic carbocycles. The van der Waals surface area contributed by atoms with E-state index in [-0.39, 0.29) is 6.61 Å². The summed E-state index contributed by atoms with van der Waals surface area (Å²) < 4.78 is 16.2. The summed E-state index contributed by atoms with van der Waals surface area (Å²) in [5.41, 5.74) is -0.00702. The molecule has 1 aliphatic heterocycles. The maximum atomic E-state index is 12.8. The van der Waals surface area contributed by atoms with Crippen LogP contribution in [0.3, 0.4) is 0 Å². The van der Waals surface area contributed by atoms with Gasteiger partial charge in [0.05, 0.1) is 7.11 Å². The molecule has 6 heteroatoms. The predicted molar refractivity (Wildman–Crippen MR) is 95.1 cm³/mol. The van der Waals surface area contributed by atoms with Gasteiger partial charge in [0.2, 0.25) is 0 Å². The van der Waals surface area contributed by atoms with E-state index in [2.05, 4.69) is 0 Å². The van der Waals surface area contributed by atoms with E-state index in [9.17, 15) is 9.59 Å². The molecular weight excluding hydrogens is 334 g/mol. The fourth-order valence-electron chi connectivity index (χ4n) is 3.12. The summed E-state index contributed by atoms with van der Waals surface area (Å²) in [6.07, 6.45) is -0.669. The molecule has 0 aromatic heterocycles. The highest BCUT2D eigenvalue weighted by Gasteiger charge is 2.51. The Hall–Kier alpha value is -3.02. The average molecular weight is 355 g/mol. The van der Waals surface area contributed by atoms with Crippen LogP contribution in [0.5, 0.6) is 11.5 Å². The van der Waals surface area contributed by atoms with Crippen molar-refractivity contribution < 1.29 is 23.8 Å². The van der Waals surface area contributed by atoms with Crippen LogP contribution < -0.4 is 9.47 Å². The molecule has 0 saturated carbocycles. The van der Waals surface area contributed by atoms with Crippen LogP contribution in [-0.2, 0) is 9.53 Å². The number of imide groups is 1. The molecule has 1 fully saturated rings. The Labute approximate surface area is 152 Å². The minimum Gasteiger partial charge on any atom is -0.493 e. The zero-order valence-electron chi connectivity index (χ0n) is 15.0. The van der Waals surface area contributed by atoms with Crippen LogP contribution in [0.1, 0.15) is 25.5 Å². The van der Waals surface area contributed by atoms with Gasteiger partial charge in [-0.1, -0.05) is 42.5 Å². The number of benzene rings is 2. The molecule has 1 heterocycles. The molecule has 0 radical (unpaired) electrons. The van der Waals surface area contributed by atoms with Gasteiger partial charge in [-0.15, -0.1) is 0 Å². The second-order valence-corrected chi connectivity index (χ2v) is 6.49. The number of ether oxygens (including phenoxy) is 3. The first-order valence-corrected chi connectivity index (χ1v) is 8.30. The lowest BCUT2D eigenvalue weighted by Crippen LogP contribution is -2.40. The fourth-order valence-corrected chi connectivity index (χ4v) is 3.12. The van der Waals surface area contributed by atoms with E-state index in [4.69, 9.17) is 14.2 Å². The van der Waals surface area contributed by atoms with Crippen LogP contribution >= 0.6 is 0 Å². The lowest BCUT2D eigenvalue weighted by molar-refractivity contribution is -0.132. The Morgan fingerprint density at radius 2 is 1.69 bits per heavy atom. The summed E-state index contributed by atoms with van der Waals surface area (Å²) in [4.78, 5) is 26.2. The third kappa shape index (κ3) is 3.35. The fraction of sp³-hybridized carbons (Fsp3) is 0.300. The van der Waals surface area contributed by atoms with E-state index in [0.717, 1.165) is 10.5 Å². The van der Waals surface area contributed by atoms with E-state index in [0.29, 0.717) is 11.5 Å².